The number of hydrogen-bond acceptors (Lipinski definition) is 4. The van der Waals surface area contributed by atoms with Crippen LogP contribution in [0.25, 0.3) is 16.8 Å². The molecular weight excluding hydrogens is 228 g/mol. The minimum Gasteiger partial charge on any atom is -0.507 e. The minimum atomic E-state index is 0.240. The van der Waals surface area contributed by atoms with Crippen molar-refractivity contribution < 1.29 is 5.11 Å². The molecule has 0 aliphatic heterocycles. The number of phenolic OH excluding ortho intramolecular Hbond substituents is 1. The highest BCUT2D eigenvalue weighted by Crippen LogP contribution is 2.31. The normalized spacial score (nSPS) is 10.9. The molecule has 2 aromatic heterocycles. The second kappa shape index (κ2) is 3.73. The Morgan fingerprint density at radius 3 is 2.78 bits per heavy atom. The average molecular weight is 240 g/mol. The maximum absolute atomic E-state index is 9.90. The van der Waals surface area contributed by atoms with Gasteiger partial charge in [0.15, 0.2) is 5.65 Å². The van der Waals surface area contributed by atoms with Gasteiger partial charge in [-0.2, -0.15) is 4.98 Å². The standard InChI is InChI=1S/C13H12N4O/c1-8-6-12-15-13(14)16-17(12)7-10(8)9-4-2-3-5-11(9)18/h2-7,18H,1H3,(H2,14,16). The van der Waals surface area contributed by atoms with Gasteiger partial charge >= 0.3 is 0 Å². The van der Waals surface area contributed by atoms with Gasteiger partial charge in [0, 0.05) is 17.3 Å². The SMILES string of the molecule is Cc1cc2nc(N)nn2cc1-c1ccccc1O. The van der Waals surface area contributed by atoms with Crippen molar-refractivity contribution in [3.63, 3.8) is 0 Å². The molecule has 3 rings (SSSR count). The molecule has 0 bridgehead atoms. The molecule has 0 amide bonds. The maximum Gasteiger partial charge on any atom is 0.240 e. The molecule has 0 spiro atoms. The Balaban J connectivity index is 2.29. The van der Waals surface area contributed by atoms with E-state index in [1.165, 1.54) is 0 Å². The average Bonchev–Trinajstić information content (AvgIpc) is 2.68. The summed E-state index contributed by atoms with van der Waals surface area (Å²) < 4.78 is 1.62. The van der Waals surface area contributed by atoms with Crippen LogP contribution in [0.15, 0.2) is 36.5 Å². The molecule has 0 atom stereocenters. The monoisotopic (exact) mass is 240 g/mol. The summed E-state index contributed by atoms with van der Waals surface area (Å²) in [7, 11) is 0. The van der Waals surface area contributed by atoms with Gasteiger partial charge in [-0.3, -0.25) is 0 Å². The predicted molar refractivity (Wildman–Crippen MR) is 69.2 cm³/mol. The van der Waals surface area contributed by atoms with Crippen molar-refractivity contribution in [3.8, 4) is 16.9 Å². The molecule has 0 aliphatic carbocycles. The summed E-state index contributed by atoms with van der Waals surface area (Å²) in [4.78, 5) is 4.10. The molecule has 0 saturated carbocycles. The molecule has 3 aromatic rings. The van der Waals surface area contributed by atoms with Crippen molar-refractivity contribution in [1.29, 1.82) is 0 Å². The third-order valence-corrected chi connectivity index (χ3v) is 2.89. The van der Waals surface area contributed by atoms with Gasteiger partial charge in [0.1, 0.15) is 5.75 Å². The lowest BCUT2D eigenvalue weighted by Gasteiger charge is -2.08. The van der Waals surface area contributed by atoms with Crippen LogP contribution in [-0.2, 0) is 0 Å². The van der Waals surface area contributed by atoms with Crippen molar-refractivity contribution in [1.82, 2.24) is 14.6 Å². The summed E-state index contributed by atoms with van der Waals surface area (Å²) >= 11 is 0. The highest BCUT2D eigenvalue weighted by molar-refractivity contribution is 5.73. The van der Waals surface area contributed by atoms with Crippen LogP contribution in [-0.4, -0.2) is 19.7 Å². The molecule has 90 valence electrons. The molecule has 0 aliphatic rings. The number of aromatic nitrogens is 3. The summed E-state index contributed by atoms with van der Waals surface area (Å²) in [5.74, 6) is 0.483. The van der Waals surface area contributed by atoms with Crippen molar-refractivity contribution in [3.05, 3.63) is 42.1 Å². The lowest BCUT2D eigenvalue weighted by Crippen LogP contribution is -1.93. The van der Waals surface area contributed by atoms with E-state index in [9.17, 15) is 5.11 Å². The Morgan fingerprint density at radius 2 is 2.00 bits per heavy atom. The van der Waals surface area contributed by atoms with Crippen LogP contribution >= 0.6 is 0 Å². The third kappa shape index (κ3) is 1.57. The van der Waals surface area contributed by atoms with Crippen LogP contribution in [0.2, 0.25) is 0 Å². The zero-order valence-corrected chi connectivity index (χ0v) is 9.83. The number of aryl methyl sites for hydroxylation is 1. The Hall–Kier alpha value is -2.56. The fourth-order valence-electron chi connectivity index (χ4n) is 2.02. The Labute approximate surface area is 104 Å². The maximum atomic E-state index is 9.90. The topological polar surface area (TPSA) is 76.4 Å². The number of anilines is 1. The van der Waals surface area contributed by atoms with Gasteiger partial charge in [0.05, 0.1) is 0 Å². The number of nitrogens with zero attached hydrogens (tertiary/aromatic N) is 3. The van der Waals surface area contributed by atoms with Crippen molar-refractivity contribution in [2.24, 2.45) is 0 Å². The highest BCUT2D eigenvalue weighted by atomic mass is 16.3. The highest BCUT2D eigenvalue weighted by Gasteiger charge is 2.09. The summed E-state index contributed by atoms with van der Waals surface area (Å²) in [6, 6.07) is 9.10. The number of benzene rings is 1. The molecule has 0 unspecified atom stereocenters. The van der Waals surface area contributed by atoms with Crippen LogP contribution in [0.3, 0.4) is 0 Å². The molecule has 2 heterocycles. The number of nitrogen functional groups attached to an aromatic ring is 1. The van der Waals surface area contributed by atoms with Gasteiger partial charge in [-0.25, -0.2) is 4.52 Å². The molecule has 18 heavy (non-hydrogen) atoms. The number of hydrogen-bond donors (Lipinski definition) is 2. The lowest BCUT2D eigenvalue weighted by molar-refractivity contribution is 0.477. The number of pyridine rings is 1. The number of rotatable bonds is 1. The molecule has 0 fully saturated rings. The summed E-state index contributed by atoms with van der Waals surface area (Å²) in [6.07, 6.45) is 1.82. The minimum absolute atomic E-state index is 0.240. The molecule has 0 radical (unpaired) electrons. The summed E-state index contributed by atoms with van der Waals surface area (Å²) in [5.41, 5.74) is 8.95. The number of phenols is 1. The third-order valence-electron chi connectivity index (χ3n) is 2.89. The van der Waals surface area contributed by atoms with Crippen LogP contribution in [0.1, 0.15) is 5.56 Å². The molecule has 5 heteroatoms. The van der Waals surface area contributed by atoms with E-state index in [-0.39, 0.29) is 11.7 Å². The molecular formula is C13H12N4O. The first-order valence-corrected chi connectivity index (χ1v) is 5.56. The quantitative estimate of drug-likeness (QED) is 0.682. The van der Waals surface area contributed by atoms with Gasteiger partial charge in [-0.1, -0.05) is 18.2 Å². The van der Waals surface area contributed by atoms with E-state index in [1.54, 1.807) is 16.6 Å². The number of para-hydroxylation sites is 1. The van der Waals surface area contributed by atoms with E-state index >= 15 is 0 Å². The van der Waals surface area contributed by atoms with E-state index in [4.69, 9.17) is 5.73 Å². The number of fused-ring (bicyclic) bond motifs is 1. The molecule has 1 aromatic carbocycles. The second-order valence-electron chi connectivity index (χ2n) is 4.16. The van der Waals surface area contributed by atoms with Crippen LogP contribution in [0.4, 0.5) is 5.95 Å². The van der Waals surface area contributed by atoms with Crippen molar-refractivity contribution in [2.75, 3.05) is 5.73 Å². The van der Waals surface area contributed by atoms with Crippen molar-refractivity contribution >= 4 is 11.6 Å². The lowest BCUT2D eigenvalue weighted by atomic mass is 10.0. The largest absolute Gasteiger partial charge is 0.507 e. The molecule has 3 N–H and O–H groups in total. The van der Waals surface area contributed by atoms with Gasteiger partial charge in [0.25, 0.3) is 0 Å². The van der Waals surface area contributed by atoms with Crippen molar-refractivity contribution in [2.45, 2.75) is 6.92 Å². The zero-order chi connectivity index (χ0) is 12.7. The van der Waals surface area contributed by atoms with Gasteiger partial charge in [-0.05, 0) is 24.6 Å². The Kier molecular flexibility index (Phi) is 2.19. The van der Waals surface area contributed by atoms with Gasteiger partial charge in [-0.15, -0.1) is 5.10 Å². The van der Waals surface area contributed by atoms with Crippen LogP contribution < -0.4 is 5.73 Å². The predicted octanol–water partition coefficient (Wildman–Crippen LogP) is 1.99. The van der Waals surface area contributed by atoms with E-state index in [0.29, 0.717) is 5.65 Å². The Morgan fingerprint density at radius 1 is 1.22 bits per heavy atom. The molecule has 5 nitrogen and oxygen atoms in total. The van der Waals surface area contributed by atoms with E-state index in [0.717, 1.165) is 16.7 Å². The zero-order valence-electron chi connectivity index (χ0n) is 9.83. The first-order chi connectivity index (χ1) is 8.65. The van der Waals surface area contributed by atoms with Crippen LogP contribution in [0.5, 0.6) is 5.75 Å². The van der Waals surface area contributed by atoms with Gasteiger partial charge in [0.2, 0.25) is 5.95 Å². The summed E-state index contributed by atoms with van der Waals surface area (Å²) in [6.45, 7) is 1.96. The fraction of sp³-hybridized carbons (Fsp3) is 0.0769. The number of nitrogens with two attached hydrogens (primary N) is 1. The van der Waals surface area contributed by atoms with Gasteiger partial charge < -0.3 is 10.8 Å². The van der Waals surface area contributed by atoms with E-state index in [2.05, 4.69) is 10.1 Å². The Bertz CT molecular complexity index is 733. The second-order valence-corrected chi connectivity index (χ2v) is 4.16. The fourth-order valence-corrected chi connectivity index (χ4v) is 2.02. The summed E-state index contributed by atoms with van der Waals surface area (Å²) in [5, 5.41) is 14.0. The first kappa shape index (κ1) is 10.6. The molecule has 0 saturated heterocycles. The van der Waals surface area contributed by atoms with E-state index in [1.807, 2.05) is 31.3 Å². The van der Waals surface area contributed by atoms with E-state index < -0.39 is 0 Å². The smallest absolute Gasteiger partial charge is 0.240 e. The number of aromatic hydroxyl groups is 1. The van der Waals surface area contributed by atoms with Crippen LogP contribution in [0, 0.1) is 6.92 Å². The first-order valence-electron chi connectivity index (χ1n) is 5.56.